The summed E-state index contributed by atoms with van der Waals surface area (Å²) < 4.78 is 9.30. The highest BCUT2D eigenvalue weighted by Crippen LogP contribution is 2.23. The number of ether oxygens (including phenoxy) is 2. The lowest BCUT2D eigenvalue weighted by molar-refractivity contribution is -0.111. The van der Waals surface area contributed by atoms with Crippen LogP contribution in [-0.4, -0.2) is 32.1 Å². The fraction of sp³-hybridized carbons (Fsp3) is 0.105. The van der Waals surface area contributed by atoms with E-state index in [9.17, 15) is 14.4 Å². The summed E-state index contributed by atoms with van der Waals surface area (Å²) in [6.45, 7) is 0. The largest absolute Gasteiger partial charge is 0.465 e. The van der Waals surface area contributed by atoms with Gasteiger partial charge >= 0.3 is 11.9 Å². The minimum absolute atomic E-state index is 0.101. The molecule has 0 bridgehead atoms. The Hall–Kier alpha value is -2.83. The van der Waals surface area contributed by atoms with Gasteiger partial charge in [-0.1, -0.05) is 29.3 Å². The molecule has 0 heterocycles. The molecule has 6 nitrogen and oxygen atoms in total. The number of halogens is 2. The van der Waals surface area contributed by atoms with E-state index in [1.165, 1.54) is 38.5 Å². The molecule has 0 radical (unpaired) electrons. The van der Waals surface area contributed by atoms with Gasteiger partial charge in [0, 0.05) is 11.8 Å². The van der Waals surface area contributed by atoms with Gasteiger partial charge in [-0.2, -0.15) is 0 Å². The molecule has 0 aliphatic carbocycles. The monoisotopic (exact) mass is 407 g/mol. The van der Waals surface area contributed by atoms with Crippen LogP contribution in [0, 0.1) is 0 Å². The summed E-state index contributed by atoms with van der Waals surface area (Å²) in [6, 6.07) is 9.03. The van der Waals surface area contributed by atoms with Crippen LogP contribution >= 0.6 is 23.2 Å². The second-order valence-electron chi connectivity index (χ2n) is 5.28. The van der Waals surface area contributed by atoms with E-state index in [1.54, 1.807) is 24.3 Å². The highest BCUT2D eigenvalue weighted by molar-refractivity contribution is 6.42. The fourth-order valence-electron chi connectivity index (χ4n) is 2.14. The lowest BCUT2D eigenvalue weighted by atomic mass is 10.1. The van der Waals surface area contributed by atoms with Gasteiger partial charge in [-0.05, 0) is 42.0 Å². The van der Waals surface area contributed by atoms with E-state index in [0.717, 1.165) is 0 Å². The van der Waals surface area contributed by atoms with Gasteiger partial charge in [0.1, 0.15) is 0 Å². The number of methoxy groups -OCH3 is 2. The molecule has 0 saturated heterocycles. The predicted molar refractivity (Wildman–Crippen MR) is 103 cm³/mol. The zero-order valence-electron chi connectivity index (χ0n) is 14.4. The van der Waals surface area contributed by atoms with Gasteiger partial charge in [0.05, 0.1) is 35.4 Å². The highest BCUT2D eigenvalue weighted by Gasteiger charge is 2.14. The van der Waals surface area contributed by atoms with E-state index in [1.807, 2.05) is 0 Å². The van der Waals surface area contributed by atoms with Crippen LogP contribution < -0.4 is 5.32 Å². The molecular weight excluding hydrogens is 393 g/mol. The van der Waals surface area contributed by atoms with Crippen molar-refractivity contribution in [3.8, 4) is 0 Å². The Balaban J connectivity index is 2.22. The average molecular weight is 408 g/mol. The van der Waals surface area contributed by atoms with E-state index in [-0.39, 0.29) is 16.8 Å². The Kier molecular flexibility index (Phi) is 6.98. The van der Waals surface area contributed by atoms with Crippen molar-refractivity contribution in [3.05, 3.63) is 69.2 Å². The van der Waals surface area contributed by atoms with Gasteiger partial charge in [-0.3, -0.25) is 4.79 Å². The van der Waals surface area contributed by atoms with Crippen molar-refractivity contribution in [3.63, 3.8) is 0 Å². The topological polar surface area (TPSA) is 81.7 Å². The minimum Gasteiger partial charge on any atom is -0.465 e. The standard InChI is InChI=1S/C19H15Cl2NO5/c1-26-18(24)12-8-13(19(25)27-2)10-14(9-12)22-17(23)6-4-11-3-5-15(20)16(21)7-11/h3-10H,1-2H3,(H,22,23)/b6-4-. The molecule has 2 aromatic carbocycles. The molecule has 0 unspecified atom stereocenters. The molecular formula is C19H15Cl2NO5. The summed E-state index contributed by atoms with van der Waals surface area (Å²) in [7, 11) is 2.43. The number of nitrogens with one attached hydrogen (secondary N) is 1. The van der Waals surface area contributed by atoms with Crippen LogP contribution in [0.5, 0.6) is 0 Å². The number of carbonyl (C=O) groups excluding carboxylic acids is 3. The molecule has 140 valence electrons. The number of anilines is 1. The van der Waals surface area contributed by atoms with Gasteiger partial charge < -0.3 is 14.8 Å². The second kappa shape index (κ2) is 9.21. The number of hydrogen-bond donors (Lipinski definition) is 1. The van der Waals surface area contributed by atoms with Crippen LogP contribution in [0.4, 0.5) is 5.69 Å². The second-order valence-corrected chi connectivity index (χ2v) is 6.09. The molecule has 0 saturated carbocycles. The lowest BCUT2D eigenvalue weighted by Crippen LogP contribution is -2.12. The number of benzene rings is 2. The van der Waals surface area contributed by atoms with E-state index in [4.69, 9.17) is 23.2 Å². The molecule has 0 aliphatic rings. The Labute approximate surface area is 165 Å². The Bertz CT molecular complexity index is 890. The molecule has 27 heavy (non-hydrogen) atoms. The van der Waals surface area contributed by atoms with E-state index < -0.39 is 17.8 Å². The highest BCUT2D eigenvalue weighted by atomic mass is 35.5. The maximum absolute atomic E-state index is 12.1. The predicted octanol–water partition coefficient (Wildman–Crippen LogP) is 4.22. The van der Waals surface area contributed by atoms with Gasteiger partial charge in [0.2, 0.25) is 5.91 Å². The number of rotatable bonds is 5. The smallest absolute Gasteiger partial charge is 0.337 e. The quantitative estimate of drug-likeness (QED) is 0.592. The van der Waals surface area contributed by atoms with Crippen LogP contribution in [0.3, 0.4) is 0 Å². The van der Waals surface area contributed by atoms with Gasteiger partial charge in [0.25, 0.3) is 0 Å². The third-order valence-corrected chi connectivity index (χ3v) is 4.15. The number of hydrogen-bond acceptors (Lipinski definition) is 5. The molecule has 0 aliphatic heterocycles. The molecule has 0 aromatic heterocycles. The zero-order chi connectivity index (χ0) is 20.0. The number of carbonyl (C=O) groups is 3. The van der Waals surface area contributed by atoms with Crippen molar-refractivity contribution >= 4 is 52.8 Å². The van der Waals surface area contributed by atoms with Crippen molar-refractivity contribution in [2.24, 2.45) is 0 Å². The van der Waals surface area contributed by atoms with Crippen molar-refractivity contribution in [1.82, 2.24) is 0 Å². The average Bonchev–Trinajstić information content (AvgIpc) is 2.67. The molecule has 0 fully saturated rings. The first-order chi connectivity index (χ1) is 12.8. The van der Waals surface area contributed by atoms with Crippen LogP contribution in [-0.2, 0) is 14.3 Å². The molecule has 2 rings (SSSR count). The molecule has 8 heteroatoms. The summed E-state index contributed by atoms with van der Waals surface area (Å²) in [6.07, 6.45) is 2.82. The maximum atomic E-state index is 12.1. The van der Waals surface area contributed by atoms with Crippen molar-refractivity contribution in [1.29, 1.82) is 0 Å². The SMILES string of the molecule is COC(=O)c1cc(NC(=O)/C=C\c2ccc(Cl)c(Cl)c2)cc(C(=O)OC)c1. The molecule has 1 amide bonds. The van der Waals surface area contributed by atoms with E-state index in [0.29, 0.717) is 15.6 Å². The molecule has 1 N–H and O–H groups in total. The van der Waals surface area contributed by atoms with Crippen molar-refractivity contribution in [2.75, 3.05) is 19.5 Å². The summed E-state index contributed by atoms with van der Waals surface area (Å²) in [4.78, 5) is 35.7. The van der Waals surface area contributed by atoms with Crippen LogP contribution in [0.15, 0.2) is 42.5 Å². The van der Waals surface area contributed by atoms with Crippen LogP contribution in [0.2, 0.25) is 10.0 Å². The van der Waals surface area contributed by atoms with Crippen LogP contribution in [0.1, 0.15) is 26.3 Å². The molecule has 2 aromatic rings. The minimum atomic E-state index is -0.650. The Morgan fingerprint density at radius 3 is 2.00 bits per heavy atom. The summed E-state index contributed by atoms with van der Waals surface area (Å²) in [5.41, 5.74) is 1.12. The van der Waals surface area contributed by atoms with E-state index in [2.05, 4.69) is 14.8 Å². The first kappa shape index (κ1) is 20.5. The first-order valence-corrected chi connectivity index (χ1v) is 8.35. The fourth-order valence-corrected chi connectivity index (χ4v) is 2.45. The van der Waals surface area contributed by atoms with Gasteiger partial charge in [-0.15, -0.1) is 0 Å². The number of amides is 1. The van der Waals surface area contributed by atoms with Crippen molar-refractivity contribution < 1.29 is 23.9 Å². The maximum Gasteiger partial charge on any atom is 0.337 e. The van der Waals surface area contributed by atoms with Gasteiger partial charge in [-0.25, -0.2) is 9.59 Å². The lowest BCUT2D eigenvalue weighted by Gasteiger charge is -2.08. The zero-order valence-corrected chi connectivity index (χ0v) is 15.9. The third-order valence-electron chi connectivity index (χ3n) is 3.41. The normalized spacial score (nSPS) is 10.5. The summed E-state index contributed by atoms with van der Waals surface area (Å²) in [5.74, 6) is -1.77. The summed E-state index contributed by atoms with van der Waals surface area (Å²) in [5, 5.41) is 3.36. The van der Waals surface area contributed by atoms with Crippen LogP contribution in [0.25, 0.3) is 6.08 Å². The van der Waals surface area contributed by atoms with Crippen molar-refractivity contribution in [2.45, 2.75) is 0 Å². The summed E-state index contributed by atoms with van der Waals surface area (Å²) >= 11 is 11.8. The van der Waals surface area contributed by atoms with E-state index >= 15 is 0 Å². The number of esters is 2. The molecule has 0 spiro atoms. The Morgan fingerprint density at radius 1 is 0.889 bits per heavy atom. The van der Waals surface area contributed by atoms with Gasteiger partial charge in [0.15, 0.2) is 0 Å². The third kappa shape index (κ3) is 5.57. The first-order valence-electron chi connectivity index (χ1n) is 7.60. The Morgan fingerprint density at radius 2 is 1.48 bits per heavy atom. The molecule has 0 atom stereocenters.